The Labute approximate surface area is 244 Å². The molecular formula is C38H45NS. The van der Waals surface area contributed by atoms with Crippen molar-refractivity contribution in [1.29, 1.82) is 0 Å². The highest BCUT2D eigenvalue weighted by molar-refractivity contribution is 7.26. The standard InChI is InChI=1S/C38H45NS/c1-3-5-7-9-11-13-19-27-26-32-30-22-16-18-24-34(30)40-38(32)36-28(20-14-12-10-8-6-4-2)25-31-29-21-15-17-23-33(29)39-37(31)35(27)36/h15-18,21-26,39H,3-14,19-20H2,1-2H3. The van der Waals surface area contributed by atoms with Gasteiger partial charge in [0, 0.05) is 47.2 Å². The van der Waals surface area contributed by atoms with Crippen LogP contribution in [0.25, 0.3) is 52.8 Å². The molecule has 40 heavy (non-hydrogen) atoms. The predicted molar refractivity (Wildman–Crippen MR) is 180 cm³/mol. The molecule has 208 valence electrons. The third-order valence-corrected chi connectivity index (χ3v) is 10.2. The molecule has 0 atom stereocenters. The summed E-state index contributed by atoms with van der Waals surface area (Å²) >= 11 is 2.00. The highest BCUT2D eigenvalue weighted by atomic mass is 32.1. The number of H-pyrrole nitrogens is 1. The number of aryl methyl sites for hydroxylation is 2. The molecule has 0 fully saturated rings. The van der Waals surface area contributed by atoms with Gasteiger partial charge in [-0.05, 0) is 61.1 Å². The average molecular weight is 548 g/mol. The number of aromatic amines is 1. The van der Waals surface area contributed by atoms with Gasteiger partial charge in [-0.25, -0.2) is 0 Å². The van der Waals surface area contributed by atoms with Crippen LogP contribution in [0.15, 0.2) is 60.7 Å². The second-order valence-electron chi connectivity index (χ2n) is 11.9. The van der Waals surface area contributed by atoms with Crippen molar-refractivity contribution in [2.45, 2.75) is 104 Å². The number of thiophene rings is 1. The second-order valence-corrected chi connectivity index (χ2v) is 13.0. The summed E-state index contributed by atoms with van der Waals surface area (Å²) in [5, 5.41) is 8.71. The van der Waals surface area contributed by atoms with E-state index < -0.39 is 0 Å². The van der Waals surface area contributed by atoms with Crippen molar-refractivity contribution in [2.24, 2.45) is 0 Å². The van der Waals surface area contributed by atoms with Crippen molar-refractivity contribution in [3.8, 4) is 0 Å². The third-order valence-electron chi connectivity index (χ3n) is 8.99. The van der Waals surface area contributed by atoms with Crippen molar-refractivity contribution >= 4 is 64.1 Å². The molecule has 0 aliphatic rings. The lowest BCUT2D eigenvalue weighted by Crippen LogP contribution is -1.95. The first-order valence-corrected chi connectivity index (χ1v) is 16.9. The zero-order valence-electron chi connectivity index (χ0n) is 24.6. The predicted octanol–water partition coefficient (Wildman–Crippen LogP) is 12.6. The summed E-state index contributed by atoms with van der Waals surface area (Å²) in [6, 6.07) is 23.1. The summed E-state index contributed by atoms with van der Waals surface area (Å²) < 4.78 is 2.90. The van der Waals surface area contributed by atoms with Gasteiger partial charge in [0.05, 0.1) is 5.52 Å². The van der Waals surface area contributed by atoms with Crippen LogP contribution in [-0.2, 0) is 12.8 Å². The van der Waals surface area contributed by atoms with E-state index in [0.717, 1.165) is 6.42 Å². The van der Waals surface area contributed by atoms with Crippen LogP contribution in [0, 0.1) is 0 Å². The Morgan fingerprint density at radius 1 is 0.550 bits per heavy atom. The Kier molecular flexibility index (Phi) is 8.73. The number of benzene rings is 4. The monoisotopic (exact) mass is 547 g/mol. The van der Waals surface area contributed by atoms with E-state index in [1.165, 1.54) is 136 Å². The molecule has 0 saturated carbocycles. The van der Waals surface area contributed by atoms with Crippen molar-refractivity contribution in [2.75, 3.05) is 0 Å². The summed E-state index contributed by atoms with van der Waals surface area (Å²) in [5.41, 5.74) is 5.72. The van der Waals surface area contributed by atoms with Gasteiger partial charge in [-0.3, -0.25) is 0 Å². The van der Waals surface area contributed by atoms with Crippen molar-refractivity contribution in [1.82, 2.24) is 4.98 Å². The van der Waals surface area contributed by atoms with E-state index in [1.807, 2.05) is 11.3 Å². The van der Waals surface area contributed by atoms with Gasteiger partial charge >= 0.3 is 0 Å². The van der Waals surface area contributed by atoms with Crippen LogP contribution in [0.5, 0.6) is 0 Å². The van der Waals surface area contributed by atoms with Crippen LogP contribution in [0.3, 0.4) is 0 Å². The smallest absolute Gasteiger partial charge is 0.0548 e. The minimum absolute atomic E-state index is 1.16. The fourth-order valence-electron chi connectivity index (χ4n) is 6.85. The van der Waals surface area contributed by atoms with Crippen LogP contribution in [0.1, 0.15) is 102 Å². The second kappa shape index (κ2) is 12.8. The number of fused-ring (bicyclic) bond motifs is 9. The number of hydrogen-bond acceptors (Lipinski definition) is 1. The molecule has 4 aromatic carbocycles. The molecule has 2 heteroatoms. The lowest BCUT2D eigenvalue weighted by Gasteiger charge is -2.15. The highest BCUT2D eigenvalue weighted by Gasteiger charge is 2.19. The lowest BCUT2D eigenvalue weighted by atomic mass is 9.90. The summed E-state index contributed by atoms with van der Waals surface area (Å²) in [5.74, 6) is 0. The number of aromatic nitrogens is 1. The van der Waals surface area contributed by atoms with Crippen LogP contribution in [0.4, 0.5) is 0 Å². The fourth-order valence-corrected chi connectivity index (χ4v) is 8.12. The van der Waals surface area contributed by atoms with Crippen LogP contribution in [0.2, 0.25) is 0 Å². The van der Waals surface area contributed by atoms with Gasteiger partial charge in [0.25, 0.3) is 0 Å². The van der Waals surface area contributed by atoms with Gasteiger partial charge in [-0.15, -0.1) is 11.3 Å². The number of hydrogen-bond donors (Lipinski definition) is 1. The quantitative estimate of drug-likeness (QED) is 0.131. The van der Waals surface area contributed by atoms with Gasteiger partial charge in [0.15, 0.2) is 0 Å². The molecule has 1 N–H and O–H groups in total. The number of para-hydroxylation sites is 1. The molecular weight excluding hydrogens is 502 g/mol. The van der Waals surface area contributed by atoms with Crippen LogP contribution in [-0.4, -0.2) is 4.98 Å². The number of nitrogens with one attached hydrogen (secondary N) is 1. The maximum Gasteiger partial charge on any atom is 0.0548 e. The van der Waals surface area contributed by atoms with E-state index >= 15 is 0 Å². The molecule has 0 aliphatic heterocycles. The molecule has 1 nitrogen and oxygen atoms in total. The number of unbranched alkanes of at least 4 members (excludes halogenated alkanes) is 10. The van der Waals surface area contributed by atoms with Gasteiger partial charge < -0.3 is 4.98 Å². The Bertz CT molecular complexity index is 1600. The van der Waals surface area contributed by atoms with Crippen LogP contribution >= 0.6 is 11.3 Å². The van der Waals surface area contributed by atoms with Crippen molar-refractivity contribution in [3.05, 3.63) is 71.8 Å². The van der Waals surface area contributed by atoms with E-state index in [4.69, 9.17) is 0 Å². The maximum absolute atomic E-state index is 3.90. The molecule has 2 heterocycles. The SMILES string of the molecule is CCCCCCCCc1cc2c3ccccc3sc2c2c(CCCCCCCC)cc3c4ccccc4[nH]c3c12. The molecule has 0 amide bonds. The maximum atomic E-state index is 3.90. The molecule has 2 aromatic heterocycles. The average Bonchev–Trinajstić information content (AvgIpc) is 3.54. The summed E-state index contributed by atoms with van der Waals surface area (Å²) in [4.78, 5) is 3.90. The number of rotatable bonds is 14. The molecule has 0 bridgehead atoms. The molecule has 6 rings (SSSR count). The largest absolute Gasteiger partial charge is 0.354 e. The molecule has 0 unspecified atom stereocenters. The van der Waals surface area contributed by atoms with E-state index in [9.17, 15) is 0 Å². The summed E-state index contributed by atoms with van der Waals surface area (Å²) in [7, 11) is 0. The minimum atomic E-state index is 1.16. The van der Waals surface area contributed by atoms with Crippen molar-refractivity contribution < 1.29 is 0 Å². The first-order chi connectivity index (χ1) is 19.8. The Balaban J connectivity index is 1.52. The van der Waals surface area contributed by atoms with E-state index in [2.05, 4.69) is 79.5 Å². The molecule has 0 radical (unpaired) electrons. The molecule has 6 aromatic rings. The van der Waals surface area contributed by atoms with Gasteiger partial charge in [-0.1, -0.05) is 114 Å². The topological polar surface area (TPSA) is 15.8 Å². The van der Waals surface area contributed by atoms with E-state index in [0.29, 0.717) is 0 Å². The first kappa shape index (κ1) is 27.3. The first-order valence-electron chi connectivity index (χ1n) is 16.1. The fraction of sp³-hybridized carbons (Fsp3) is 0.421. The van der Waals surface area contributed by atoms with E-state index in [-0.39, 0.29) is 0 Å². The zero-order valence-corrected chi connectivity index (χ0v) is 25.4. The minimum Gasteiger partial charge on any atom is -0.354 e. The molecule has 0 spiro atoms. The Hall–Kier alpha value is -2.84. The van der Waals surface area contributed by atoms with Crippen molar-refractivity contribution in [3.63, 3.8) is 0 Å². The van der Waals surface area contributed by atoms with Crippen LogP contribution < -0.4 is 0 Å². The van der Waals surface area contributed by atoms with Gasteiger partial charge in [0.1, 0.15) is 0 Å². The summed E-state index contributed by atoms with van der Waals surface area (Å²) in [6.07, 6.45) is 18.4. The molecule has 0 aliphatic carbocycles. The summed E-state index contributed by atoms with van der Waals surface area (Å²) in [6.45, 7) is 4.61. The van der Waals surface area contributed by atoms with E-state index in [1.54, 1.807) is 11.1 Å². The highest BCUT2D eigenvalue weighted by Crippen LogP contribution is 2.45. The lowest BCUT2D eigenvalue weighted by molar-refractivity contribution is 0.608. The normalized spacial score (nSPS) is 12.2. The molecule has 0 saturated heterocycles. The van der Waals surface area contributed by atoms with Gasteiger partial charge in [-0.2, -0.15) is 0 Å². The van der Waals surface area contributed by atoms with Gasteiger partial charge in [0.2, 0.25) is 0 Å². The Morgan fingerprint density at radius 2 is 1.12 bits per heavy atom. The zero-order chi connectivity index (χ0) is 27.3. The Morgan fingerprint density at radius 3 is 1.85 bits per heavy atom. The third kappa shape index (κ3) is 5.40.